The minimum atomic E-state index is -0.133. The zero-order valence-corrected chi connectivity index (χ0v) is 12.6. The van der Waals surface area contributed by atoms with Crippen LogP contribution in [-0.4, -0.2) is 19.3 Å². The van der Waals surface area contributed by atoms with Gasteiger partial charge in [0.05, 0.1) is 7.11 Å². The maximum Gasteiger partial charge on any atom is 0.128 e. The highest BCUT2D eigenvalue weighted by Gasteiger charge is 2.39. The Balaban J connectivity index is 2.40. The van der Waals surface area contributed by atoms with Gasteiger partial charge in [0.1, 0.15) is 17.1 Å². The fourth-order valence-corrected chi connectivity index (χ4v) is 2.61. The molecular formula is C16H25NO2. The minimum Gasteiger partial charge on any atom is -0.497 e. The molecule has 0 bridgehead atoms. The molecule has 106 valence electrons. The van der Waals surface area contributed by atoms with Crippen LogP contribution in [0.3, 0.4) is 0 Å². The van der Waals surface area contributed by atoms with E-state index in [-0.39, 0.29) is 5.60 Å². The molecule has 0 aliphatic carbocycles. The van der Waals surface area contributed by atoms with Crippen molar-refractivity contribution < 1.29 is 9.47 Å². The van der Waals surface area contributed by atoms with Gasteiger partial charge in [-0.15, -0.1) is 0 Å². The maximum absolute atomic E-state index is 6.28. The second-order valence-electron chi connectivity index (χ2n) is 5.79. The third-order valence-electron chi connectivity index (χ3n) is 4.22. The van der Waals surface area contributed by atoms with Gasteiger partial charge in [-0.1, -0.05) is 26.8 Å². The van der Waals surface area contributed by atoms with Gasteiger partial charge in [0, 0.05) is 24.1 Å². The van der Waals surface area contributed by atoms with Gasteiger partial charge in [0.25, 0.3) is 0 Å². The normalized spacial score (nSPS) is 25.9. The summed E-state index contributed by atoms with van der Waals surface area (Å²) < 4.78 is 11.6. The van der Waals surface area contributed by atoms with Crippen molar-refractivity contribution in [2.24, 2.45) is 5.92 Å². The fraction of sp³-hybridized carbons (Fsp3) is 0.625. The van der Waals surface area contributed by atoms with E-state index in [1.54, 1.807) is 7.11 Å². The van der Waals surface area contributed by atoms with E-state index in [1.807, 2.05) is 12.1 Å². The number of methoxy groups -OCH3 is 1. The number of hydrogen-bond donors (Lipinski definition) is 1. The van der Waals surface area contributed by atoms with Crippen LogP contribution in [0.25, 0.3) is 0 Å². The van der Waals surface area contributed by atoms with Gasteiger partial charge in [-0.2, -0.15) is 0 Å². The summed E-state index contributed by atoms with van der Waals surface area (Å²) in [6.07, 6.45) is 0.998. The lowest BCUT2D eigenvalue weighted by Crippen LogP contribution is -2.45. The number of ether oxygens (including phenoxy) is 2. The Bertz CT molecular complexity index is 444. The largest absolute Gasteiger partial charge is 0.497 e. The summed E-state index contributed by atoms with van der Waals surface area (Å²) in [6.45, 7) is 9.74. The molecule has 0 saturated heterocycles. The molecule has 0 fully saturated rings. The number of fused-ring (bicyclic) bond motifs is 1. The highest BCUT2D eigenvalue weighted by molar-refractivity contribution is 5.44. The van der Waals surface area contributed by atoms with Crippen LogP contribution in [0.5, 0.6) is 11.5 Å². The average Bonchev–Trinajstić information content (AvgIpc) is 2.38. The van der Waals surface area contributed by atoms with E-state index in [4.69, 9.17) is 9.47 Å². The Morgan fingerprint density at radius 3 is 2.79 bits per heavy atom. The molecular weight excluding hydrogens is 238 g/mol. The second-order valence-corrected chi connectivity index (χ2v) is 5.79. The molecule has 2 rings (SSSR count). The highest BCUT2D eigenvalue weighted by Crippen LogP contribution is 2.43. The van der Waals surface area contributed by atoms with Crippen LogP contribution in [0, 0.1) is 5.92 Å². The van der Waals surface area contributed by atoms with Crippen molar-refractivity contribution in [1.29, 1.82) is 0 Å². The molecule has 3 nitrogen and oxygen atoms in total. The zero-order valence-electron chi connectivity index (χ0n) is 12.6. The fourth-order valence-electron chi connectivity index (χ4n) is 2.61. The van der Waals surface area contributed by atoms with E-state index in [0.717, 1.165) is 24.5 Å². The van der Waals surface area contributed by atoms with E-state index in [0.29, 0.717) is 12.0 Å². The Morgan fingerprint density at radius 1 is 1.47 bits per heavy atom. The van der Waals surface area contributed by atoms with Crippen molar-refractivity contribution in [2.75, 3.05) is 13.7 Å². The quantitative estimate of drug-likeness (QED) is 0.901. The van der Waals surface area contributed by atoms with Crippen LogP contribution >= 0.6 is 0 Å². The first-order chi connectivity index (χ1) is 9.00. The summed E-state index contributed by atoms with van der Waals surface area (Å²) in [4.78, 5) is 0. The predicted octanol–water partition coefficient (Wildman–Crippen LogP) is 3.54. The highest BCUT2D eigenvalue weighted by atomic mass is 16.5. The molecule has 0 amide bonds. The van der Waals surface area contributed by atoms with Crippen molar-refractivity contribution in [2.45, 2.75) is 45.8 Å². The molecule has 1 aliphatic rings. The lowest BCUT2D eigenvalue weighted by molar-refractivity contribution is 0.00592. The molecule has 3 heteroatoms. The second kappa shape index (κ2) is 5.41. The molecule has 19 heavy (non-hydrogen) atoms. The lowest BCUT2D eigenvalue weighted by atomic mass is 9.81. The molecule has 0 saturated carbocycles. The first-order valence-electron chi connectivity index (χ1n) is 7.10. The van der Waals surface area contributed by atoms with Crippen LogP contribution in [0.1, 0.15) is 45.7 Å². The third-order valence-corrected chi connectivity index (χ3v) is 4.22. The van der Waals surface area contributed by atoms with E-state index < -0.39 is 0 Å². The summed E-state index contributed by atoms with van der Waals surface area (Å²) in [5.74, 6) is 2.27. The van der Waals surface area contributed by atoms with E-state index in [2.05, 4.69) is 39.1 Å². The van der Waals surface area contributed by atoms with E-state index in [1.165, 1.54) is 5.56 Å². The topological polar surface area (TPSA) is 30.5 Å². The van der Waals surface area contributed by atoms with Crippen LogP contribution in [0.4, 0.5) is 0 Å². The van der Waals surface area contributed by atoms with Crippen LogP contribution in [-0.2, 0) is 0 Å². The Hall–Kier alpha value is -1.22. The van der Waals surface area contributed by atoms with E-state index in [9.17, 15) is 0 Å². The van der Waals surface area contributed by atoms with Crippen molar-refractivity contribution in [3.63, 3.8) is 0 Å². The molecule has 2 unspecified atom stereocenters. The molecule has 1 N–H and O–H groups in total. The molecule has 2 atom stereocenters. The van der Waals surface area contributed by atoms with Gasteiger partial charge in [-0.05, 0) is 25.5 Å². The average molecular weight is 263 g/mol. The van der Waals surface area contributed by atoms with E-state index >= 15 is 0 Å². The zero-order chi connectivity index (χ0) is 14.0. The lowest BCUT2D eigenvalue weighted by Gasteiger charge is -2.43. The molecule has 0 radical (unpaired) electrons. The first kappa shape index (κ1) is 14.2. The summed E-state index contributed by atoms with van der Waals surface area (Å²) in [5.41, 5.74) is 1.10. The Morgan fingerprint density at radius 2 is 2.21 bits per heavy atom. The summed E-state index contributed by atoms with van der Waals surface area (Å²) >= 11 is 0. The summed E-state index contributed by atoms with van der Waals surface area (Å²) in [5, 5.41) is 3.57. The Kier molecular flexibility index (Phi) is 4.04. The van der Waals surface area contributed by atoms with Gasteiger partial charge in [0.15, 0.2) is 0 Å². The summed E-state index contributed by atoms with van der Waals surface area (Å²) in [7, 11) is 1.69. The maximum atomic E-state index is 6.28. The van der Waals surface area contributed by atoms with Crippen LogP contribution < -0.4 is 14.8 Å². The third kappa shape index (κ3) is 2.71. The van der Waals surface area contributed by atoms with Gasteiger partial charge in [-0.25, -0.2) is 0 Å². The first-order valence-corrected chi connectivity index (χ1v) is 7.10. The van der Waals surface area contributed by atoms with Crippen molar-refractivity contribution in [3.05, 3.63) is 23.8 Å². The predicted molar refractivity (Wildman–Crippen MR) is 77.9 cm³/mol. The molecule has 0 aromatic heterocycles. The molecule has 1 aromatic rings. The van der Waals surface area contributed by atoms with Crippen molar-refractivity contribution in [3.8, 4) is 11.5 Å². The van der Waals surface area contributed by atoms with Gasteiger partial charge in [-0.3, -0.25) is 0 Å². The number of hydrogen-bond acceptors (Lipinski definition) is 3. The van der Waals surface area contributed by atoms with Gasteiger partial charge >= 0.3 is 0 Å². The monoisotopic (exact) mass is 263 g/mol. The summed E-state index contributed by atoms with van der Waals surface area (Å²) in [6, 6.07) is 6.47. The van der Waals surface area contributed by atoms with Gasteiger partial charge in [0.2, 0.25) is 0 Å². The minimum absolute atomic E-state index is 0.133. The smallest absolute Gasteiger partial charge is 0.128 e. The van der Waals surface area contributed by atoms with Gasteiger partial charge < -0.3 is 14.8 Å². The SMILES string of the molecule is CCNC1CC(C)(C(C)C)Oc2cc(OC)ccc21. The Labute approximate surface area is 116 Å². The van der Waals surface area contributed by atoms with Crippen LogP contribution in [0.15, 0.2) is 18.2 Å². The number of benzene rings is 1. The van der Waals surface area contributed by atoms with Crippen molar-refractivity contribution >= 4 is 0 Å². The van der Waals surface area contributed by atoms with Crippen molar-refractivity contribution in [1.82, 2.24) is 5.32 Å². The molecule has 1 heterocycles. The molecule has 1 aliphatic heterocycles. The molecule has 0 spiro atoms. The standard InChI is InChI=1S/C16H25NO2/c1-6-17-14-10-16(4,11(2)3)19-15-9-12(18-5)7-8-13(14)15/h7-9,11,14,17H,6,10H2,1-5H3. The number of nitrogens with one attached hydrogen (secondary N) is 1. The molecule has 1 aromatic carbocycles. The van der Waals surface area contributed by atoms with Crippen LogP contribution in [0.2, 0.25) is 0 Å². The number of rotatable bonds is 4.